The number of thioether (sulfide) groups is 1. The molecule has 9 heteroatoms. The van der Waals surface area contributed by atoms with Crippen LogP contribution in [0.2, 0.25) is 0 Å². The maximum Gasteiger partial charge on any atom is 0.221 e. The molecule has 2 saturated heterocycles. The van der Waals surface area contributed by atoms with E-state index in [0.717, 1.165) is 29.7 Å². The molecule has 0 aromatic heterocycles. The van der Waals surface area contributed by atoms with E-state index in [9.17, 15) is 17.2 Å². The average Bonchev–Trinajstić information content (AvgIpc) is 2.93. The van der Waals surface area contributed by atoms with Crippen molar-refractivity contribution in [3.8, 4) is 0 Å². The third kappa shape index (κ3) is 3.25. The van der Waals surface area contributed by atoms with E-state index in [2.05, 4.69) is 0 Å². The summed E-state index contributed by atoms with van der Waals surface area (Å²) in [5, 5.41) is 0.352. The maximum atomic E-state index is 14.1. The number of hydroxylamine groups is 2. The molecule has 0 aliphatic carbocycles. The molecule has 2 aliphatic heterocycles. The molecule has 0 amide bonds. The number of nitrogens with zero attached hydrogens (tertiary/aromatic N) is 2. The third-order valence-electron chi connectivity index (χ3n) is 4.18. The van der Waals surface area contributed by atoms with Gasteiger partial charge in [-0.1, -0.05) is 0 Å². The Balaban J connectivity index is 1.96. The summed E-state index contributed by atoms with van der Waals surface area (Å²) in [5.41, 5.74) is 0.00459. The molecule has 0 unspecified atom stereocenters. The van der Waals surface area contributed by atoms with Crippen LogP contribution in [0.5, 0.6) is 0 Å². The Kier molecular flexibility index (Phi) is 4.93. The molecule has 2 heterocycles. The summed E-state index contributed by atoms with van der Waals surface area (Å²) < 4.78 is 54.9. The summed E-state index contributed by atoms with van der Waals surface area (Å²) in [6.45, 7) is 0.806. The summed E-state index contributed by atoms with van der Waals surface area (Å²) >= 11 is 1.70. The molecule has 2 atom stereocenters. The van der Waals surface area contributed by atoms with E-state index < -0.39 is 32.9 Å². The first-order valence-corrected chi connectivity index (χ1v) is 9.94. The Morgan fingerprint density at radius 3 is 2.65 bits per heavy atom. The molecule has 23 heavy (non-hydrogen) atoms. The van der Waals surface area contributed by atoms with Crippen molar-refractivity contribution in [2.75, 3.05) is 38.2 Å². The standard InChI is InChI=1S/C14H18F2N2O3S2/c1-17-14(11-8-10(15)2-3-12(11)16)13(9-21-17)23(19,20)18-4-6-22-7-5-18/h2-3,8,13-14H,4-7,9H2,1H3/t13-,14+/m1/s1. The third-order valence-corrected chi connectivity index (χ3v) is 7.36. The lowest BCUT2D eigenvalue weighted by Gasteiger charge is -2.31. The number of sulfonamides is 1. The van der Waals surface area contributed by atoms with Crippen LogP contribution in [0.3, 0.4) is 0 Å². The summed E-state index contributed by atoms with van der Waals surface area (Å²) in [6, 6.07) is 2.20. The second kappa shape index (κ2) is 6.64. The van der Waals surface area contributed by atoms with Gasteiger partial charge in [0, 0.05) is 37.2 Å². The molecule has 0 spiro atoms. The van der Waals surface area contributed by atoms with E-state index in [-0.39, 0.29) is 12.2 Å². The Hall–Kier alpha value is -0.740. The highest BCUT2D eigenvalue weighted by atomic mass is 32.2. The van der Waals surface area contributed by atoms with E-state index in [1.165, 1.54) is 16.4 Å². The van der Waals surface area contributed by atoms with Crippen LogP contribution in [0.25, 0.3) is 0 Å². The van der Waals surface area contributed by atoms with Crippen LogP contribution in [0.1, 0.15) is 11.6 Å². The van der Waals surface area contributed by atoms with Crippen molar-refractivity contribution in [2.24, 2.45) is 0 Å². The van der Waals surface area contributed by atoms with Crippen LogP contribution >= 0.6 is 11.8 Å². The molecule has 1 aromatic carbocycles. The van der Waals surface area contributed by atoms with Crippen LogP contribution in [-0.4, -0.2) is 61.3 Å². The van der Waals surface area contributed by atoms with Crippen LogP contribution in [-0.2, 0) is 14.9 Å². The second-order valence-electron chi connectivity index (χ2n) is 5.55. The highest BCUT2D eigenvalue weighted by Gasteiger charge is 2.46. The van der Waals surface area contributed by atoms with Gasteiger partial charge in [0.25, 0.3) is 0 Å². The van der Waals surface area contributed by atoms with Crippen LogP contribution < -0.4 is 0 Å². The first kappa shape index (κ1) is 17.1. The van der Waals surface area contributed by atoms with Gasteiger partial charge in [0.05, 0.1) is 12.6 Å². The Morgan fingerprint density at radius 1 is 1.26 bits per heavy atom. The van der Waals surface area contributed by atoms with Gasteiger partial charge in [-0.05, 0) is 18.2 Å². The number of rotatable bonds is 3. The minimum absolute atomic E-state index is 0.00459. The predicted molar refractivity (Wildman–Crippen MR) is 84.4 cm³/mol. The molecule has 5 nitrogen and oxygen atoms in total. The smallest absolute Gasteiger partial charge is 0.221 e. The number of hydrogen-bond acceptors (Lipinski definition) is 5. The quantitative estimate of drug-likeness (QED) is 0.816. The number of halogens is 2. The first-order chi connectivity index (χ1) is 10.9. The van der Waals surface area contributed by atoms with E-state index in [0.29, 0.717) is 13.1 Å². The summed E-state index contributed by atoms with van der Waals surface area (Å²) in [6.07, 6.45) is 0. The second-order valence-corrected chi connectivity index (χ2v) is 8.92. The highest BCUT2D eigenvalue weighted by molar-refractivity contribution is 7.99. The van der Waals surface area contributed by atoms with Crippen LogP contribution in [0.4, 0.5) is 8.78 Å². The van der Waals surface area contributed by atoms with Crippen LogP contribution in [0, 0.1) is 11.6 Å². The molecule has 3 rings (SSSR count). The van der Waals surface area contributed by atoms with Crippen molar-refractivity contribution >= 4 is 21.8 Å². The van der Waals surface area contributed by atoms with E-state index in [4.69, 9.17) is 4.84 Å². The van der Waals surface area contributed by atoms with Crippen LogP contribution in [0.15, 0.2) is 18.2 Å². The molecule has 0 bridgehead atoms. The fourth-order valence-corrected chi connectivity index (χ4v) is 6.06. The van der Waals surface area contributed by atoms with Gasteiger partial charge in [-0.25, -0.2) is 17.2 Å². The minimum atomic E-state index is -3.66. The lowest BCUT2D eigenvalue weighted by molar-refractivity contribution is -0.111. The summed E-state index contributed by atoms with van der Waals surface area (Å²) in [7, 11) is -2.12. The van der Waals surface area contributed by atoms with Gasteiger partial charge in [-0.2, -0.15) is 21.1 Å². The average molecular weight is 364 g/mol. The normalized spacial score (nSPS) is 27.4. The summed E-state index contributed by atoms with van der Waals surface area (Å²) in [5.74, 6) is 0.235. The zero-order chi connectivity index (χ0) is 16.6. The van der Waals surface area contributed by atoms with Gasteiger partial charge in [-0.15, -0.1) is 0 Å². The van der Waals surface area contributed by atoms with Crippen molar-refractivity contribution in [1.29, 1.82) is 0 Å². The molecule has 0 N–H and O–H groups in total. The Morgan fingerprint density at radius 2 is 1.96 bits per heavy atom. The Bertz CT molecular complexity index is 681. The zero-order valence-electron chi connectivity index (χ0n) is 12.6. The van der Waals surface area contributed by atoms with E-state index >= 15 is 0 Å². The zero-order valence-corrected chi connectivity index (χ0v) is 14.2. The van der Waals surface area contributed by atoms with Gasteiger partial charge in [-0.3, -0.25) is 4.84 Å². The van der Waals surface area contributed by atoms with Crippen molar-refractivity contribution < 1.29 is 22.0 Å². The van der Waals surface area contributed by atoms with Crippen molar-refractivity contribution in [3.63, 3.8) is 0 Å². The Labute approximate surface area is 138 Å². The van der Waals surface area contributed by atoms with Gasteiger partial charge < -0.3 is 0 Å². The molecular formula is C14H18F2N2O3S2. The highest BCUT2D eigenvalue weighted by Crippen LogP contribution is 2.36. The maximum absolute atomic E-state index is 14.1. The van der Waals surface area contributed by atoms with Gasteiger partial charge >= 0.3 is 0 Å². The molecule has 1 aromatic rings. The lowest BCUT2D eigenvalue weighted by Crippen LogP contribution is -2.46. The van der Waals surface area contributed by atoms with E-state index in [1.54, 1.807) is 11.8 Å². The SMILES string of the molecule is CN1OC[C@@H](S(=O)(=O)N2CCSCC2)[C@@H]1c1cc(F)ccc1F. The van der Waals surface area contributed by atoms with Gasteiger partial charge in [0.1, 0.15) is 16.9 Å². The molecule has 2 aliphatic rings. The number of benzene rings is 1. The monoisotopic (exact) mass is 364 g/mol. The molecule has 128 valence electrons. The molecule has 0 radical (unpaired) electrons. The first-order valence-electron chi connectivity index (χ1n) is 7.28. The predicted octanol–water partition coefficient (Wildman–Crippen LogP) is 1.63. The fourth-order valence-electron chi connectivity index (χ4n) is 2.98. The van der Waals surface area contributed by atoms with Crippen molar-refractivity contribution in [2.45, 2.75) is 11.3 Å². The largest absolute Gasteiger partial charge is 0.297 e. The summed E-state index contributed by atoms with van der Waals surface area (Å²) in [4.78, 5) is 5.34. The lowest BCUT2D eigenvalue weighted by atomic mass is 10.0. The molecular weight excluding hydrogens is 346 g/mol. The van der Waals surface area contributed by atoms with Crippen molar-refractivity contribution in [1.82, 2.24) is 9.37 Å². The van der Waals surface area contributed by atoms with Crippen molar-refractivity contribution in [3.05, 3.63) is 35.4 Å². The van der Waals surface area contributed by atoms with E-state index in [1.807, 2.05) is 0 Å². The topological polar surface area (TPSA) is 49.9 Å². The molecule has 2 fully saturated rings. The number of hydrogen-bond donors (Lipinski definition) is 0. The minimum Gasteiger partial charge on any atom is -0.297 e. The fraction of sp³-hybridized carbons (Fsp3) is 0.571. The molecule has 0 saturated carbocycles. The van der Waals surface area contributed by atoms with Gasteiger partial charge in [0.15, 0.2) is 0 Å². The van der Waals surface area contributed by atoms with Gasteiger partial charge in [0.2, 0.25) is 10.0 Å².